The number of pyridine rings is 2. The van der Waals surface area contributed by atoms with Crippen LogP contribution in [0.2, 0.25) is 0 Å². The molecule has 8 aromatic rings. The van der Waals surface area contributed by atoms with Crippen LogP contribution in [0.25, 0.3) is 61.3 Å². The summed E-state index contributed by atoms with van der Waals surface area (Å²) in [5, 5.41) is 4.40. The molecule has 5 nitrogen and oxygen atoms in total. The second kappa shape index (κ2) is 13.1. The summed E-state index contributed by atoms with van der Waals surface area (Å²) >= 11 is 0. The number of para-hydroxylation sites is 1. The molecule has 0 N–H and O–H groups in total. The van der Waals surface area contributed by atoms with Crippen molar-refractivity contribution in [1.82, 2.24) is 19.5 Å². The molecule has 8 rings (SSSR count). The minimum atomic E-state index is 0.372. The number of ether oxygens (including phenoxy) is 1. The molecule has 0 unspecified atom stereocenters. The maximum absolute atomic E-state index is 6.56. The molecule has 0 aliphatic carbocycles. The molecule has 0 aliphatic heterocycles. The Kier molecular flexibility index (Phi) is 8.17. The van der Waals surface area contributed by atoms with Crippen molar-refractivity contribution in [3.05, 3.63) is 157 Å². The van der Waals surface area contributed by atoms with E-state index in [1.165, 1.54) is 16.8 Å². The average molecular weight is 651 g/mol. The highest BCUT2D eigenvalue weighted by molar-refractivity contribution is 6.00. The fourth-order valence-electron chi connectivity index (χ4n) is 6.89. The van der Waals surface area contributed by atoms with Gasteiger partial charge >= 0.3 is 0 Å². The number of imidazole rings is 1. The van der Waals surface area contributed by atoms with Crippen molar-refractivity contribution in [1.29, 1.82) is 0 Å². The highest BCUT2D eigenvalue weighted by atomic mass is 16.5. The third-order valence-electron chi connectivity index (χ3n) is 9.32. The van der Waals surface area contributed by atoms with Gasteiger partial charge in [0.1, 0.15) is 17.3 Å². The summed E-state index contributed by atoms with van der Waals surface area (Å²) in [5.41, 5.74) is 8.38. The van der Waals surface area contributed by atoms with Gasteiger partial charge in [-0.05, 0) is 70.1 Å². The van der Waals surface area contributed by atoms with Crippen molar-refractivity contribution in [2.45, 2.75) is 39.5 Å². The van der Waals surface area contributed by atoms with Gasteiger partial charge in [-0.25, -0.2) is 9.97 Å². The van der Waals surface area contributed by atoms with E-state index in [0.29, 0.717) is 11.8 Å². The van der Waals surface area contributed by atoms with E-state index in [2.05, 4.69) is 129 Å². The Labute approximate surface area is 292 Å². The molecule has 50 heavy (non-hydrogen) atoms. The van der Waals surface area contributed by atoms with Gasteiger partial charge in [0.2, 0.25) is 0 Å². The largest absolute Gasteiger partial charge is 0.457 e. The molecule has 3 heterocycles. The molecule has 5 heteroatoms. The molecule has 3 aromatic heterocycles. The summed E-state index contributed by atoms with van der Waals surface area (Å²) in [7, 11) is 0. The minimum Gasteiger partial charge on any atom is -0.457 e. The molecule has 244 valence electrons. The molecular weight excluding hydrogens is 613 g/mol. The van der Waals surface area contributed by atoms with Gasteiger partial charge in [-0.15, -0.1) is 0 Å². The highest BCUT2D eigenvalue weighted by Gasteiger charge is 2.19. The monoisotopic (exact) mass is 650 g/mol. The van der Waals surface area contributed by atoms with Crippen molar-refractivity contribution in [2.24, 2.45) is 0 Å². The van der Waals surface area contributed by atoms with Gasteiger partial charge in [0.15, 0.2) is 0 Å². The van der Waals surface area contributed by atoms with Gasteiger partial charge in [0.25, 0.3) is 0 Å². The summed E-state index contributed by atoms with van der Waals surface area (Å²) in [6, 6.07) is 43.9. The van der Waals surface area contributed by atoms with Gasteiger partial charge in [0.05, 0.1) is 22.8 Å². The zero-order chi connectivity index (χ0) is 34.2. The van der Waals surface area contributed by atoms with Gasteiger partial charge in [-0.3, -0.25) is 9.55 Å². The Bertz CT molecular complexity index is 2460. The van der Waals surface area contributed by atoms with Crippen molar-refractivity contribution in [3.63, 3.8) is 0 Å². The predicted octanol–water partition coefficient (Wildman–Crippen LogP) is 12.0. The summed E-state index contributed by atoms with van der Waals surface area (Å²) in [6.45, 7) is 8.99. The van der Waals surface area contributed by atoms with Crippen molar-refractivity contribution >= 4 is 21.5 Å². The lowest BCUT2D eigenvalue weighted by Crippen LogP contribution is -2.07. The maximum Gasteiger partial charge on any atom is 0.144 e. The van der Waals surface area contributed by atoms with Crippen molar-refractivity contribution in [3.8, 4) is 51.2 Å². The Morgan fingerprint density at radius 1 is 0.540 bits per heavy atom. The molecule has 0 atom stereocenters. The first-order chi connectivity index (χ1) is 24.4. The molecule has 0 amide bonds. The van der Waals surface area contributed by atoms with E-state index >= 15 is 0 Å². The highest BCUT2D eigenvalue weighted by Crippen LogP contribution is 2.37. The first-order valence-electron chi connectivity index (χ1n) is 17.2. The van der Waals surface area contributed by atoms with E-state index in [-0.39, 0.29) is 0 Å². The lowest BCUT2D eigenvalue weighted by atomic mass is 9.92. The number of hydrogen-bond donors (Lipinski definition) is 0. The van der Waals surface area contributed by atoms with Crippen LogP contribution in [-0.2, 0) is 0 Å². The third kappa shape index (κ3) is 5.81. The van der Waals surface area contributed by atoms with Gasteiger partial charge in [-0.1, -0.05) is 119 Å². The first kappa shape index (κ1) is 31.2. The van der Waals surface area contributed by atoms with E-state index in [1.807, 2.05) is 48.8 Å². The molecule has 0 saturated heterocycles. The van der Waals surface area contributed by atoms with E-state index in [4.69, 9.17) is 19.7 Å². The molecule has 0 fully saturated rings. The van der Waals surface area contributed by atoms with Crippen LogP contribution in [-0.4, -0.2) is 19.5 Å². The van der Waals surface area contributed by atoms with Gasteiger partial charge in [0, 0.05) is 40.5 Å². The van der Waals surface area contributed by atoms with Crippen molar-refractivity contribution in [2.75, 3.05) is 0 Å². The normalized spacial score (nSPS) is 11.6. The van der Waals surface area contributed by atoms with E-state index < -0.39 is 0 Å². The summed E-state index contributed by atoms with van der Waals surface area (Å²) in [5.74, 6) is 3.10. The smallest absolute Gasteiger partial charge is 0.144 e. The predicted molar refractivity (Wildman–Crippen MR) is 205 cm³/mol. The van der Waals surface area contributed by atoms with Gasteiger partial charge < -0.3 is 4.74 Å². The Morgan fingerprint density at radius 2 is 1.16 bits per heavy atom. The molecule has 0 bridgehead atoms. The van der Waals surface area contributed by atoms with Crippen LogP contribution in [0.4, 0.5) is 0 Å². The molecule has 0 saturated carbocycles. The number of rotatable bonds is 8. The molecule has 5 aromatic carbocycles. The van der Waals surface area contributed by atoms with Crippen LogP contribution in [0.3, 0.4) is 0 Å². The second-order valence-corrected chi connectivity index (χ2v) is 13.3. The minimum absolute atomic E-state index is 0.372. The topological polar surface area (TPSA) is 52.8 Å². The zero-order valence-corrected chi connectivity index (χ0v) is 28.7. The molecule has 0 aliphatic rings. The van der Waals surface area contributed by atoms with Crippen LogP contribution >= 0.6 is 0 Å². The zero-order valence-electron chi connectivity index (χ0n) is 28.7. The molecular formula is C45H38N4O. The Morgan fingerprint density at radius 3 is 1.88 bits per heavy atom. The van der Waals surface area contributed by atoms with E-state index in [0.717, 1.165) is 67.1 Å². The standard InChI is InChI=1S/C45H38N4O/c1-29(2)37-20-11-21-38(30(3)4)44(37)49-25-24-47-45(49)34-15-10-17-36(27-34)50-35-16-9-14-33(26-35)42-40-19-8-6-13-32(40)28-41(48-42)43-39-18-7-5-12-31(39)22-23-46-43/h5-30H,1-4H3. The average Bonchev–Trinajstić information content (AvgIpc) is 3.64. The lowest BCUT2D eigenvalue weighted by Gasteiger charge is -2.22. The quantitative estimate of drug-likeness (QED) is 0.164. The van der Waals surface area contributed by atoms with E-state index in [1.54, 1.807) is 0 Å². The maximum atomic E-state index is 6.56. The lowest BCUT2D eigenvalue weighted by molar-refractivity contribution is 0.483. The second-order valence-electron chi connectivity index (χ2n) is 13.3. The first-order valence-corrected chi connectivity index (χ1v) is 17.2. The number of aromatic nitrogens is 4. The van der Waals surface area contributed by atoms with Crippen LogP contribution in [0.5, 0.6) is 11.5 Å². The Balaban J connectivity index is 1.16. The summed E-state index contributed by atoms with van der Waals surface area (Å²) < 4.78 is 8.79. The Hall–Kier alpha value is -6.07. The van der Waals surface area contributed by atoms with Crippen LogP contribution in [0.15, 0.2) is 146 Å². The van der Waals surface area contributed by atoms with Crippen LogP contribution in [0.1, 0.15) is 50.7 Å². The van der Waals surface area contributed by atoms with E-state index in [9.17, 15) is 0 Å². The third-order valence-corrected chi connectivity index (χ3v) is 9.32. The SMILES string of the molecule is CC(C)c1cccc(C(C)C)c1-n1ccnc1-c1cccc(Oc2cccc(-c3nc(-c4nccc5ccccc45)cc4ccccc34)c2)c1. The number of fused-ring (bicyclic) bond motifs is 2. The summed E-state index contributed by atoms with van der Waals surface area (Å²) in [6.07, 6.45) is 5.81. The fourth-order valence-corrected chi connectivity index (χ4v) is 6.89. The number of nitrogens with zero attached hydrogens (tertiary/aromatic N) is 4. The van der Waals surface area contributed by atoms with Crippen LogP contribution in [0, 0.1) is 0 Å². The fraction of sp³-hybridized carbons (Fsp3) is 0.133. The number of hydrogen-bond acceptors (Lipinski definition) is 4. The molecule has 0 radical (unpaired) electrons. The molecule has 0 spiro atoms. The van der Waals surface area contributed by atoms with Crippen LogP contribution < -0.4 is 4.74 Å². The van der Waals surface area contributed by atoms with Gasteiger partial charge in [-0.2, -0.15) is 0 Å². The van der Waals surface area contributed by atoms with Crippen molar-refractivity contribution < 1.29 is 4.74 Å². The number of benzene rings is 5. The summed E-state index contributed by atoms with van der Waals surface area (Å²) in [4.78, 5) is 14.9.